The van der Waals surface area contributed by atoms with Crippen LogP contribution in [0.1, 0.15) is 30.5 Å². The number of hydrogen-bond acceptors (Lipinski definition) is 3. The molecule has 0 radical (unpaired) electrons. The number of methoxy groups -OCH3 is 1. The fourth-order valence-electron chi connectivity index (χ4n) is 2.46. The molecule has 0 bridgehead atoms. The zero-order valence-corrected chi connectivity index (χ0v) is 14.4. The second-order valence-corrected chi connectivity index (χ2v) is 5.76. The molecule has 0 aliphatic rings. The molecular formula is C19H21FN2O3. The highest BCUT2D eigenvalue weighted by atomic mass is 19.1. The van der Waals surface area contributed by atoms with E-state index in [4.69, 9.17) is 4.74 Å². The van der Waals surface area contributed by atoms with Gasteiger partial charge in [0.15, 0.2) is 0 Å². The standard InChI is InChI=1S/C19H21FN2O3/c1-12-4-9-16(20)18(10-12)22-19(24)11-17(21-13(2)23)14-5-7-15(25-3)8-6-14/h4-10,17H,11H2,1-3H3,(H,21,23)(H,22,24). The normalized spacial score (nSPS) is 11.5. The van der Waals surface area contributed by atoms with E-state index < -0.39 is 11.9 Å². The van der Waals surface area contributed by atoms with E-state index in [1.54, 1.807) is 43.5 Å². The number of hydrogen-bond donors (Lipinski definition) is 2. The molecule has 0 saturated heterocycles. The summed E-state index contributed by atoms with van der Waals surface area (Å²) >= 11 is 0. The van der Waals surface area contributed by atoms with Crippen molar-refractivity contribution >= 4 is 17.5 Å². The highest BCUT2D eigenvalue weighted by Crippen LogP contribution is 2.22. The molecule has 132 valence electrons. The number of carbonyl (C=O) groups is 2. The molecule has 1 atom stereocenters. The maximum Gasteiger partial charge on any atom is 0.226 e. The number of rotatable bonds is 6. The van der Waals surface area contributed by atoms with Crippen molar-refractivity contribution in [3.05, 3.63) is 59.4 Å². The van der Waals surface area contributed by atoms with Crippen LogP contribution in [0.15, 0.2) is 42.5 Å². The Labute approximate surface area is 146 Å². The van der Waals surface area contributed by atoms with Crippen LogP contribution in [0.5, 0.6) is 5.75 Å². The molecule has 0 aromatic heterocycles. The van der Waals surface area contributed by atoms with Crippen molar-refractivity contribution in [3.8, 4) is 5.75 Å². The lowest BCUT2D eigenvalue weighted by Gasteiger charge is -2.18. The molecule has 0 aliphatic carbocycles. The van der Waals surface area contributed by atoms with Gasteiger partial charge in [0.05, 0.1) is 25.3 Å². The van der Waals surface area contributed by atoms with Crippen molar-refractivity contribution < 1.29 is 18.7 Å². The average Bonchev–Trinajstić information content (AvgIpc) is 2.57. The van der Waals surface area contributed by atoms with Crippen LogP contribution in [0, 0.1) is 12.7 Å². The molecule has 2 amide bonds. The van der Waals surface area contributed by atoms with Crippen molar-refractivity contribution in [1.82, 2.24) is 5.32 Å². The maximum atomic E-state index is 13.8. The Morgan fingerprint density at radius 1 is 1.16 bits per heavy atom. The first kappa shape index (κ1) is 18.4. The van der Waals surface area contributed by atoms with Crippen LogP contribution >= 0.6 is 0 Å². The third-order valence-electron chi connectivity index (χ3n) is 3.68. The van der Waals surface area contributed by atoms with E-state index in [9.17, 15) is 14.0 Å². The second-order valence-electron chi connectivity index (χ2n) is 5.76. The first-order valence-corrected chi connectivity index (χ1v) is 7.86. The minimum Gasteiger partial charge on any atom is -0.497 e. The van der Waals surface area contributed by atoms with Gasteiger partial charge in [-0.2, -0.15) is 0 Å². The van der Waals surface area contributed by atoms with Gasteiger partial charge in [-0.1, -0.05) is 18.2 Å². The number of halogens is 1. The van der Waals surface area contributed by atoms with Crippen LogP contribution in [0.3, 0.4) is 0 Å². The van der Waals surface area contributed by atoms with Crippen LogP contribution < -0.4 is 15.4 Å². The number of ether oxygens (including phenoxy) is 1. The van der Waals surface area contributed by atoms with E-state index in [0.717, 1.165) is 11.1 Å². The SMILES string of the molecule is COc1ccc(C(CC(=O)Nc2cc(C)ccc2F)NC(C)=O)cc1. The number of carbonyl (C=O) groups excluding carboxylic acids is 2. The number of amides is 2. The molecule has 5 nitrogen and oxygen atoms in total. The zero-order chi connectivity index (χ0) is 18.4. The summed E-state index contributed by atoms with van der Waals surface area (Å²) in [5.41, 5.74) is 1.72. The number of nitrogens with one attached hydrogen (secondary N) is 2. The van der Waals surface area contributed by atoms with E-state index in [2.05, 4.69) is 10.6 Å². The summed E-state index contributed by atoms with van der Waals surface area (Å²) in [6.45, 7) is 3.20. The summed E-state index contributed by atoms with van der Waals surface area (Å²) in [6.07, 6.45) is -0.0146. The molecule has 2 aromatic rings. The second kappa shape index (κ2) is 8.28. The highest BCUT2D eigenvalue weighted by molar-refractivity contribution is 5.91. The van der Waals surface area contributed by atoms with Crippen LogP contribution in [0.25, 0.3) is 0 Å². The lowest BCUT2D eigenvalue weighted by atomic mass is 10.0. The monoisotopic (exact) mass is 344 g/mol. The van der Waals surface area contributed by atoms with Gasteiger partial charge in [0.1, 0.15) is 11.6 Å². The summed E-state index contributed by atoms with van der Waals surface area (Å²) in [6, 6.07) is 11.0. The van der Waals surface area contributed by atoms with Gasteiger partial charge in [0.2, 0.25) is 11.8 Å². The van der Waals surface area contributed by atoms with Crippen molar-refractivity contribution in [1.29, 1.82) is 0 Å². The number of benzene rings is 2. The molecule has 2 aromatic carbocycles. The van der Waals surface area contributed by atoms with Crippen LogP contribution in [0.4, 0.5) is 10.1 Å². The predicted octanol–water partition coefficient (Wildman–Crippen LogP) is 3.35. The van der Waals surface area contributed by atoms with E-state index >= 15 is 0 Å². The molecule has 0 aliphatic heterocycles. The number of anilines is 1. The van der Waals surface area contributed by atoms with E-state index in [1.165, 1.54) is 13.0 Å². The lowest BCUT2D eigenvalue weighted by molar-refractivity contribution is -0.120. The van der Waals surface area contributed by atoms with Gasteiger partial charge in [0, 0.05) is 6.92 Å². The molecule has 2 rings (SSSR count). The van der Waals surface area contributed by atoms with Crippen molar-refractivity contribution in [2.75, 3.05) is 12.4 Å². The Kier molecular flexibility index (Phi) is 6.11. The van der Waals surface area contributed by atoms with Gasteiger partial charge >= 0.3 is 0 Å². The summed E-state index contributed by atoms with van der Waals surface area (Å²) in [5, 5.41) is 5.30. The first-order chi connectivity index (χ1) is 11.9. The van der Waals surface area contributed by atoms with Crippen molar-refractivity contribution in [2.45, 2.75) is 26.3 Å². The van der Waals surface area contributed by atoms with Gasteiger partial charge in [-0.25, -0.2) is 4.39 Å². The van der Waals surface area contributed by atoms with Gasteiger partial charge in [-0.15, -0.1) is 0 Å². The van der Waals surface area contributed by atoms with Crippen molar-refractivity contribution in [2.24, 2.45) is 0 Å². The maximum absolute atomic E-state index is 13.8. The Bertz CT molecular complexity index is 760. The third-order valence-corrected chi connectivity index (χ3v) is 3.68. The lowest BCUT2D eigenvalue weighted by Crippen LogP contribution is -2.29. The minimum absolute atomic E-state index is 0.0146. The van der Waals surface area contributed by atoms with Gasteiger partial charge in [0.25, 0.3) is 0 Å². The Morgan fingerprint density at radius 3 is 2.44 bits per heavy atom. The Morgan fingerprint density at radius 2 is 1.84 bits per heavy atom. The first-order valence-electron chi connectivity index (χ1n) is 7.86. The molecule has 0 spiro atoms. The summed E-state index contributed by atoms with van der Waals surface area (Å²) in [7, 11) is 1.56. The van der Waals surface area contributed by atoms with Crippen LogP contribution in [-0.2, 0) is 9.59 Å². The topological polar surface area (TPSA) is 67.4 Å². The largest absolute Gasteiger partial charge is 0.497 e. The molecule has 2 N–H and O–H groups in total. The Balaban J connectivity index is 2.13. The molecule has 0 saturated carbocycles. The predicted molar refractivity (Wildman–Crippen MR) is 93.9 cm³/mol. The van der Waals surface area contributed by atoms with E-state index in [1.807, 2.05) is 6.92 Å². The van der Waals surface area contributed by atoms with E-state index in [0.29, 0.717) is 5.75 Å². The molecule has 0 fully saturated rings. The zero-order valence-electron chi connectivity index (χ0n) is 14.4. The van der Waals surface area contributed by atoms with Crippen LogP contribution in [-0.4, -0.2) is 18.9 Å². The van der Waals surface area contributed by atoms with Crippen molar-refractivity contribution in [3.63, 3.8) is 0 Å². The summed E-state index contributed by atoms with van der Waals surface area (Å²) in [4.78, 5) is 23.8. The Hall–Kier alpha value is -2.89. The fraction of sp³-hybridized carbons (Fsp3) is 0.263. The molecule has 6 heteroatoms. The molecule has 0 heterocycles. The molecular weight excluding hydrogens is 323 g/mol. The number of aryl methyl sites for hydroxylation is 1. The summed E-state index contributed by atoms with van der Waals surface area (Å²) < 4.78 is 18.9. The highest BCUT2D eigenvalue weighted by Gasteiger charge is 2.18. The third kappa shape index (κ3) is 5.31. The fourth-order valence-corrected chi connectivity index (χ4v) is 2.46. The van der Waals surface area contributed by atoms with Gasteiger partial charge in [-0.3, -0.25) is 9.59 Å². The summed E-state index contributed by atoms with van der Waals surface area (Å²) in [5.74, 6) is -0.467. The van der Waals surface area contributed by atoms with Gasteiger partial charge in [-0.05, 0) is 42.3 Å². The average molecular weight is 344 g/mol. The minimum atomic E-state index is -0.517. The van der Waals surface area contributed by atoms with E-state index in [-0.39, 0.29) is 23.9 Å². The smallest absolute Gasteiger partial charge is 0.226 e. The molecule has 25 heavy (non-hydrogen) atoms. The van der Waals surface area contributed by atoms with Crippen LogP contribution in [0.2, 0.25) is 0 Å². The van der Waals surface area contributed by atoms with Gasteiger partial charge < -0.3 is 15.4 Å². The molecule has 1 unspecified atom stereocenters. The quantitative estimate of drug-likeness (QED) is 0.844.